The molecule has 66 valence electrons. The zero-order valence-corrected chi connectivity index (χ0v) is 7.09. The average Bonchev–Trinajstić information content (AvgIpc) is 2.01. The lowest BCUT2D eigenvalue weighted by Gasteiger charge is -2.29. The van der Waals surface area contributed by atoms with E-state index < -0.39 is 17.3 Å². The number of Topliss-reactive ketones (excluding diaryl/α,β-unsaturated/α-hetero) is 1. The molecule has 4 nitrogen and oxygen atoms in total. The van der Waals surface area contributed by atoms with E-state index in [0.29, 0.717) is 6.61 Å². The fourth-order valence-electron chi connectivity index (χ4n) is 1.05. The van der Waals surface area contributed by atoms with Gasteiger partial charge in [-0.05, 0) is 13.8 Å². The van der Waals surface area contributed by atoms with Crippen LogP contribution in [0.5, 0.6) is 0 Å². The van der Waals surface area contributed by atoms with E-state index >= 15 is 0 Å². The summed E-state index contributed by atoms with van der Waals surface area (Å²) in [5.74, 6) is -1.07. The number of rotatable bonds is 2. The maximum Gasteiger partial charge on any atom is 0.254 e. The van der Waals surface area contributed by atoms with Crippen LogP contribution in [0.1, 0.15) is 13.8 Å². The summed E-state index contributed by atoms with van der Waals surface area (Å²) in [5, 5.41) is 2.70. The Hall–Kier alpha value is -1.16. The molecule has 4 heteroatoms. The molecule has 0 fully saturated rings. The number of hydrogen-bond acceptors (Lipinski definition) is 4. The number of allylic oxidation sites excluding steroid dienone is 1. The van der Waals surface area contributed by atoms with Gasteiger partial charge in [0.1, 0.15) is 0 Å². The van der Waals surface area contributed by atoms with Crippen LogP contribution >= 0.6 is 0 Å². The van der Waals surface area contributed by atoms with Crippen LogP contribution < -0.4 is 5.32 Å². The molecule has 1 atom stereocenters. The topological polar surface area (TPSA) is 55.4 Å². The number of carbonyl (C=O) groups excluding carboxylic acids is 2. The molecule has 12 heavy (non-hydrogen) atoms. The smallest absolute Gasteiger partial charge is 0.254 e. The van der Waals surface area contributed by atoms with E-state index in [1.165, 1.54) is 12.3 Å². The van der Waals surface area contributed by atoms with Crippen molar-refractivity contribution in [2.75, 3.05) is 6.61 Å². The predicted molar refractivity (Wildman–Crippen MR) is 42.3 cm³/mol. The highest BCUT2D eigenvalue weighted by Gasteiger charge is 2.38. The Morgan fingerprint density at radius 1 is 1.58 bits per heavy atom. The first kappa shape index (κ1) is 8.93. The monoisotopic (exact) mass is 169 g/mol. The van der Waals surface area contributed by atoms with Gasteiger partial charge in [0, 0.05) is 18.9 Å². The van der Waals surface area contributed by atoms with Crippen molar-refractivity contribution in [3.63, 3.8) is 0 Å². The Labute approximate surface area is 70.6 Å². The van der Waals surface area contributed by atoms with Crippen LogP contribution in [0.25, 0.3) is 0 Å². The second kappa shape index (κ2) is 3.06. The Balaban J connectivity index is 2.85. The maximum absolute atomic E-state index is 11.2. The lowest BCUT2D eigenvalue weighted by molar-refractivity contribution is -0.153. The first-order valence-corrected chi connectivity index (χ1v) is 3.77. The fraction of sp³-hybridized carbons (Fsp3) is 0.500. The molecule has 0 aromatic rings. The van der Waals surface area contributed by atoms with Gasteiger partial charge in [0.05, 0.1) is 0 Å². The number of ether oxygens (including phenoxy) is 1. The third-order valence-electron chi connectivity index (χ3n) is 1.68. The van der Waals surface area contributed by atoms with Crippen LogP contribution in [0.15, 0.2) is 12.3 Å². The third kappa shape index (κ3) is 1.38. The number of hydrogen-bond donors (Lipinski definition) is 1. The molecule has 0 amide bonds. The molecule has 0 aromatic heterocycles. The minimum absolute atomic E-state index is 0.385. The van der Waals surface area contributed by atoms with Crippen LogP contribution in [-0.2, 0) is 14.3 Å². The van der Waals surface area contributed by atoms with Crippen molar-refractivity contribution in [1.82, 2.24) is 5.32 Å². The SMILES string of the molecule is CCOC1(C)NC=CC(=O)C1=O. The van der Waals surface area contributed by atoms with Gasteiger partial charge in [-0.3, -0.25) is 9.59 Å². The van der Waals surface area contributed by atoms with Gasteiger partial charge in [0.15, 0.2) is 0 Å². The van der Waals surface area contributed by atoms with Gasteiger partial charge < -0.3 is 10.1 Å². The van der Waals surface area contributed by atoms with Gasteiger partial charge in [-0.1, -0.05) is 0 Å². The molecule has 0 saturated carbocycles. The third-order valence-corrected chi connectivity index (χ3v) is 1.68. The summed E-state index contributed by atoms with van der Waals surface area (Å²) in [7, 11) is 0. The van der Waals surface area contributed by atoms with E-state index in [1.807, 2.05) is 0 Å². The Kier molecular flexibility index (Phi) is 2.28. The molecule has 1 aliphatic heterocycles. The Bertz CT molecular complexity index is 247. The van der Waals surface area contributed by atoms with E-state index in [0.717, 1.165) is 0 Å². The first-order chi connectivity index (χ1) is 5.60. The molecular weight excluding hydrogens is 158 g/mol. The second-order valence-electron chi connectivity index (χ2n) is 2.64. The normalized spacial score (nSPS) is 28.8. The molecule has 1 rings (SSSR count). The molecule has 0 spiro atoms. The molecule has 1 aliphatic rings. The highest BCUT2D eigenvalue weighted by Crippen LogP contribution is 2.12. The van der Waals surface area contributed by atoms with Crippen LogP contribution in [0.3, 0.4) is 0 Å². The van der Waals surface area contributed by atoms with Crippen molar-refractivity contribution in [3.05, 3.63) is 12.3 Å². The van der Waals surface area contributed by atoms with E-state index in [2.05, 4.69) is 5.32 Å². The van der Waals surface area contributed by atoms with Gasteiger partial charge in [-0.25, -0.2) is 0 Å². The largest absolute Gasteiger partial charge is 0.357 e. The Morgan fingerprint density at radius 2 is 2.25 bits per heavy atom. The van der Waals surface area contributed by atoms with E-state index in [1.54, 1.807) is 13.8 Å². The van der Waals surface area contributed by atoms with Crippen LogP contribution in [-0.4, -0.2) is 23.9 Å². The van der Waals surface area contributed by atoms with Gasteiger partial charge >= 0.3 is 0 Å². The lowest BCUT2D eigenvalue weighted by atomic mass is 10.0. The van der Waals surface area contributed by atoms with Crippen LogP contribution in [0, 0.1) is 0 Å². The first-order valence-electron chi connectivity index (χ1n) is 3.77. The predicted octanol–water partition coefficient (Wildman–Crippen LogP) is -0.00580. The highest BCUT2D eigenvalue weighted by molar-refractivity contribution is 6.44. The van der Waals surface area contributed by atoms with Gasteiger partial charge in [0.25, 0.3) is 5.78 Å². The van der Waals surface area contributed by atoms with Crippen molar-refractivity contribution in [2.24, 2.45) is 0 Å². The summed E-state index contributed by atoms with van der Waals surface area (Å²) in [6, 6.07) is 0. The maximum atomic E-state index is 11.2. The molecule has 1 N–H and O–H groups in total. The molecule has 0 aromatic carbocycles. The van der Waals surface area contributed by atoms with Crippen LogP contribution in [0.2, 0.25) is 0 Å². The lowest BCUT2D eigenvalue weighted by Crippen LogP contribution is -2.54. The quantitative estimate of drug-likeness (QED) is 0.591. The van der Waals surface area contributed by atoms with Gasteiger partial charge in [-0.2, -0.15) is 0 Å². The summed E-state index contributed by atoms with van der Waals surface area (Å²) < 4.78 is 5.12. The number of nitrogens with one attached hydrogen (secondary N) is 1. The van der Waals surface area contributed by atoms with Crippen molar-refractivity contribution >= 4 is 11.6 Å². The van der Waals surface area contributed by atoms with Crippen LogP contribution in [0.4, 0.5) is 0 Å². The van der Waals surface area contributed by atoms with Gasteiger partial charge in [-0.15, -0.1) is 0 Å². The average molecular weight is 169 g/mol. The number of carbonyl (C=O) groups is 2. The molecular formula is C8H11NO3. The zero-order valence-electron chi connectivity index (χ0n) is 7.09. The summed E-state index contributed by atoms with van der Waals surface area (Å²) in [5.41, 5.74) is -1.17. The minimum Gasteiger partial charge on any atom is -0.357 e. The van der Waals surface area contributed by atoms with Crippen molar-refractivity contribution in [3.8, 4) is 0 Å². The standard InChI is InChI=1S/C8H11NO3/c1-3-12-8(2)7(11)6(10)4-5-9-8/h4-5,9H,3H2,1-2H3. The van der Waals surface area contributed by atoms with Crippen molar-refractivity contribution in [1.29, 1.82) is 0 Å². The highest BCUT2D eigenvalue weighted by atomic mass is 16.5. The molecule has 1 unspecified atom stereocenters. The Morgan fingerprint density at radius 3 is 2.83 bits per heavy atom. The molecule has 0 saturated heterocycles. The van der Waals surface area contributed by atoms with Gasteiger partial charge in [0.2, 0.25) is 11.5 Å². The fourth-order valence-corrected chi connectivity index (χ4v) is 1.05. The van der Waals surface area contributed by atoms with E-state index in [-0.39, 0.29) is 0 Å². The number of ketones is 2. The molecule has 1 heterocycles. The summed E-state index contributed by atoms with van der Waals surface area (Å²) in [6.07, 6.45) is 2.63. The molecule has 0 aliphatic carbocycles. The summed E-state index contributed by atoms with van der Waals surface area (Å²) in [4.78, 5) is 22.2. The summed E-state index contributed by atoms with van der Waals surface area (Å²) in [6.45, 7) is 3.69. The van der Waals surface area contributed by atoms with Crippen molar-refractivity contribution in [2.45, 2.75) is 19.6 Å². The molecule has 0 bridgehead atoms. The van der Waals surface area contributed by atoms with E-state index in [4.69, 9.17) is 4.74 Å². The summed E-state index contributed by atoms with van der Waals surface area (Å²) >= 11 is 0. The zero-order chi connectivity index (χ0) is 9.19. The minimum atomic E-state index is -1.17. The second-order valence-corrected chi connectivity index (χ2v) is 2.64. The van der Waals surface area contributed by atoms with Crippen molar-refractivity contribution < 1.29 is 14.3 Å². The van der Waals surface area contributed by atoms with E-state index in [9.17, 15) is 9.59 Å². The molecule has 0 radical (unpaired) electrons.